The van der Waals surface area contributed by atoms with Gasteiger partial charge in [0.25, 0.3) is 0 Å². The summed E-state index contributed by atoms with van der Waals surface area (Å²) in [6, 6.07) is 7.20. The van der Waals surface area contributed by atoms with Crippen molar-refractivity contribution in [3.05, 3.63) is 29.8 Å². The number of hydrogen-bond acceptors (Lipinski definition) is 4. The Bertz CT molecular complexity index is 372. The fourth-order valence-corrected chi connectivity index (χ4v) is 1.26. The lowest BCUT2D eigenvalue weighted by atomic mass is 9.94. The zero-order chi connectivity index (χ0) is 12.9. The van der Waals surface area contributed by atoms with Crippen molar-refractivity contribution in [1.82, 2.24) is 0 Å². The number of nitrogens with one attached hydrogen (secondary N) is 1. The molecule has 0 amide bonds. The Kier molecular flexibility index (Phi) is 4.52. The minimum atomic E-state index is -0.321. The van der Waals surface area contributed by atoms with Gasteiger partial charge < -0.3 is 15.8 Å². The highest BCUT2D eigenvalue weighted by molar-refractivity contribution is 5.89. The number of anilines is 1. The third-order valence-corrected chi connectivity index (χ3v) is 2.63. The maximum Gasteiger partial charge on any atom is 0.337 e. The molecule has 4 nitrogen and oxygen atoms in total. The van der Waals surface area contributed by atoms with Gasteiger partial charge in [0.1, 0.15) is 0 Å². The predicted octanol–water partition coefficient (Wildman–Crippen LogP) is 1.87. The van der Waals surface area contributed by atoms with Crippen LogP contribution in [0.4, 0.5) is 5.69 Å². The van der Waals surface area contributed by atoms with Gasteiger partial charge in [0.15, 0.2) is 0 Å². The zero-order valence-electron chi connectivity index (χ0n) is 10.6. The number of methoxy groups -OCH3 is 1. The van der Waals surface area contributed by atoms with Gasteiger partial charge in [-0.3, -0.25) is 0 Å². The Hall–Kier alpha value is -1.55. The van der Waals surface area contributed by atoms with E-state index in [1.807, 2.05) is 12.1 Å². The molecule has 0 aliphatic rings. The second-order valence-electron chi connectivity index (χ2n) is 4.79. The van der Waals surface area contributed by atoms with Gasteiger partial charge in [-0.2, -0.15) is 0 Å². The van der Waals surface area contributed by atoms with E-state index in [4.69, 9.17) is 5.73 Å². The van der Waals surface area contributed by atoms with Crippen LogP contribution in [0.15, 0.2) is 24.3 Å². The number of esters is 1. The molecule has 0 heterocycles. The van der Waals surface area contributed by atoms with Crippen molar-refractivity contribution >= 4 is 11.7 Å². The normalized spacial score (nSPS) is 11.1. The van der Waals surface area contributed by atoms with Gasteiger partial charge in [0, 0.05) is 12.2 Å². The number of carbonyl (C=O) groups excluding carboxylic acids is 1. The summed E-state index contributed by atoms with van der Waals surface area (Å²) in [4.78, 5) is 11.2. The minimum Gasteiger partial charge on any atom is -0.465 e. The number of carbonyl (C=O) groups is 1. The highest BCUT2D eigenvalue weighted by atomic mass is 16.5. The van der Waals surface area contributed by atoms with Gasteiger partial charge in [-0.1, -0.05) is 13.8 Å². The van der Waals surface area contributed by atoms with E-state index in [2.05, 4.69) is 23.9 Å². The Balaban J connectivity index is 2.60. The molecule has 94 valence electrons. The first-order valence-corrected chi connectivity index (χ1v) is 5.61. The van der Waals surface area contributed by atoms with Gasteiger partial charge >= 0.3 is 5.97 Å². The SMILES string of the molecule is COC(=O)c1ccc(NCC(C)(C)CN)cc1. The maximum absolute atomic E-state index is 11.2. The van der Waals surface area contributed by atoms with E-state index < -0.39 is 0 Å². The summed E-state index contributed by atoms with van der Waals surface area (Å²) in [5, 5.41) is 3.29. The van der Waals surface area contributed by atoms with E-state index in [0.717, 1.165) is 12.2 Å². The standard InChI is InChI=1S/C13H20N2O2/c1-13(2,8-14)9-15-11-6-4-10(5-7-11)12(16)17-3/h4-7,15H,8-9,14H2,1-3H3. The van der Waals surface area contributed by atoms with Crippen LogP contribution in [0.2, 0.25) is 0 Å². The van der Waals surface area contributed by atoms with Crippen molar-refractivity contribution in [3.8, 4) is 0 Å². The van der Waals surface area contributed by atoms with Crippen LogP contribution in [0.5, 0.6) is 0 Å². The van der Waals surface area contributed by atoms with Crippen molar-refractivity contribution in [3.63, 3.8) is 0 Å². The molecule has 0 saturated heterocycles. The Morgan fingerprint density at radius 3 is 2.41 bits per heavy atom. The highest BCUT2D eigenvalue weighted by Gasteiger charge is 2.14. The van der Waals surface area contributed by atoms with Crippen molar-refractivity contribution in [1.29, 1.82) is 0 Å². The van der Waals surface area contributed by atoms with Crippen molar-refractivity contribution in [2.45, 2.75) is 13.8 Å². The average Bonchev–Trinajstić information content (AvgIpc) is 2.36. The van der Waals surface area contributed by atoms with Gasteiger partial charge in [-0.15, -0.1) is 0 Å². The number of rotatable bonds is 5. The minimum absolute atomic E-state index is 0.0566. The fraction of sp³-hybridized carbons (Fsp3) is 0.462. The van der Waals surface area contributed by atoms with Crippen LogP contribution >= 0.6 is 0 Å². The molecule has 0 spiro atoms. The second-order valence-corrected chi connectivity index (χ2v) is 4.79. The van der Waals surface area contributed by atoms with Gasteiger partial charge in [-0.25, -0.2) is 4.79 Å². The molecular weight excluding hydrogens is 216 g/mol. The summed E-state index contributed by atoms with van der Waals surface area (Å²) in [6.45, 7) is 5.62. The van der Waals surface area contributed by atoms with Crippen molar-refractivity contribution in [2.75, 3.05) is 25.5 Å². The molecule has 1 aromatic rings. The number of benzene rings is 1. The Morgan fingerprint density at radius 2 is 1.94 bits per heavy atom. The van der Waals surface area contributed by atoms with E-state index >= 15 is 0 Å². The molecule has 4 heteroatoms. The molecule has 1 rings (SSSR count). The first-order valence-electron chi connectivity index (χ1n) is 5.61. The summed E-state index contributed by atoms with van der Waals surface area (Å²) in [5.41, 5.74) is 7.23. The van der Waals surface area contributed by atoms with Crippen LogP contribution < -0.4 is 11.1 Å². The van der Waals surface area contributed by atoms with Crippen LogP contribution in [0, 0.1) is 5.41 Å². The third-order valence-electron chi connectivity index (χ3n) is 2.63. The molecule has 0 bridgehead atoms. The first kappa shape index (κ1) is 13.5. The summed E-state index contributed by atoms with van der Waals surface area (Å²) in [7, 11) is 1.37. The number of ether oxygens (including phenoxy) is 1. The van der Waals surface area contributed by atoms with E-state index in [1.54, 1.807) is 12.1 Å². The van der Waals surface area contributed by atoms with Gasteiger partial charge in [0.2, 0.25) is 0 Å². The predicted molar refractivity (Wildman–Crippen MR) is 69.1 cm³/mol. The molecule has 3 N–H and O–H groups in total. The topological polar surface area (TPSA) is 64.3 Å². The van der Waals surface area contributed by atoms with E-state index in [1.165, 1.54) is 7.11 Å². The highest BCUT2D eigenvalue weighted by Crippen LogP contribution is 2.16. The Labute approximate surface area is 102 Å². The largest absolute Gasteiger partial charge is 0.465 e. The summed E-state index contributed by atoms with van der Waals surface area (Å²) >= 11 is 0. The molecule has 0 atom stereocenters. The van der Waals surface area contributed by atoms with E-state index in [-0.39, 0.29) is 11.4 Å². The van der Waals surface area contributed by atoms with Gasteiger partial charge in [-0.05, 0) is 36.2 Å². The lowest BCUT2D eigenvalue weighted by Gasteiger charge is -2.23. The molecule has 0 saturated carbocycles. The second kappa shape index (κ2) is 5.68. The smallest absolute Gasteiger partial charge is 0.337 e. The quantitative estimate of drug-likeness (QED) is 0.766. The molecule has 0 fully saturated rings. The monoisotopic (exact) mass is 236 g/mol. The zero-order valence-corrected chi connectivity index (χ0v) is 10.6. The van der Waals surface area contributed by atoms with Crippen LogP contribution in [-0.2, 0) is 4.74 Å². The molecule has 1 aromatic carbocycles. The summed E-state index contributed by atoms with van der Waals surface area (Å²) in [6.07, 6.45) is 0. The molecule has 0 aliphatic heterocycles. The molecule has 0 radical (unpaired) electrons. The van der Waals surface area contributed by atoms with E-state index in [0.29, 0.717) is 12.1 Å². The Morgan fingerprint density at radius 1 is 1.35 bits per heavy atom. The van der Waals surface area contributed by atoms with E-state index in [9.17, 15) is 4.79 Å². The lowest BCUT2D eigenvalue weighted by molar-refractivity contribution is 0.0601. The molecular formula is C13H20N2O2. The summed E-state index contributed by atoms with van der Waals surface area (Å²) < 4.78 is 4.63. The van der Waals surface area contributed by atoms with Crippen LogP contribution in [-0.4, -0.2) is 26.2 Å². The molecule has 0 unspecified atom stereocenters. The van der Waals surface area contributed by atoms with Crippen LogP contribution in [0.25, 0.3) is 0 Å². The average molecular weight is 236 g/mol. The molecule has 0 aromatic heterocycles. The van der Waals surface area contributed by atoms with Crippen LogP contribution in [0.1, 0.15) is 24.2 Å². The fourth-order valence-electron chi connectivity index (χ4n) is 1.26. The van der Waals surface area contributed by atoms with Gasteiger partial charge in [0.05, 0.1) is 12.7 Å². The number of hydrogen-bond donors (Lipinski definition) is 2. The number of nitrogens with two attached hydrogens (primary N) is 1. The maximum atomic E-state index is 11.2. The lowest BCUT2D eigenvalue weighted by Crippen LogP contribution is -2.31. The first-order chi connectivity index (χ1) is 7.98. The van der Waals surface area contributed by atoms with Crippen molar-refractivity contribution < 1.29 is 9.53 Å². The van der Waals surface area contributed by atoms with Crippen molar-refractivity contribution in [2.24, 2.45) is 11.1 Å². The third kappa shape index (κ3) is 4.07. The molecule has 0 aliphatic carbocycles. The van der Waals surface area contributed by atoms with Crippen LogP contribution in [0.3, 0.4) is 0 Å². The summed E-state index contributed by atoms with van der Waals surface area (Å²) in [5.74, 6) is -0.321. The molecule has 17 heavy (non-hydrogen) atoms.